The number of thiazole rings is 1. The predicted octanol–water partition coefficient (Wildman–Crippen LogP) is 3.06. The van der Waals surface area contributed by atoms with Crippen molar-refractivity contribution in [2.45, 2.75) is 27.2 Å². The summed E-state index contributed by atoms with van der Waals surface area (Å²) in [5.41, 5.74) is 1.67. The lowest BCUT2D eigenvalue weighted by atomic mass is 10.2. The van der Waals surface area contributed by atoms with E-state index in [9.17, 15) is 4.79 Å². The zero-order chi connectivity index (χ0) is 12.7. The molecule has 1 heterocycles. The molecular formula is C13H17NO2S. The molecule has 0 saturated heterocycles. The summed E-state index contributed by atoms with van der Waals surface area (Å²) in [6.45, 7) is 5.94. The van der Waals surface area contributed by atoms with Crippen molar-refractivity contribution >= 4 is 17.3 Å². The van der Waals surface area contributed by atoms with Crippen molar-refractivity contribution in [1.29, 1.82) is 0 Å². The Bertz CT molecular complexity index is 432. The average molecular weight is 251 g/mol. The Labute approximate surface area is 106 Å². The first-order valence-corrected chi connectivity index (χ1v) is 6.43. The molecule has 1 aromatic rings. The highest BCUT2D eigenvalue weighted by Crippen LogP contribution is 2.08. The maximum atomic E-state index is 11.3. The van der Waals surface area contributed by atoms with E-state index in [1.807, 2.05) is 24.5 Å². The third-order valence-electron chi connectivity index (χ3n) is 2.07. The Hall–Kier alpha value is -1.42. The first kappa shape index (κ1) is 13.6. The molecule has 0 spiro atoms. The zero-order valence-corrected chi connectivity index (χ0v) is 11.2. The number of carbonyl (C=O) groups excluding carboxylic acids is 1. The van der Waals surface area contributed by atoms with E-state index in [1.165, 1.54) is 0 Å². The van der Waals surface area contributed by atoms with Gasteiger partial charge in [0.05, 0.1) is 17.3 Å². The van der Waals surface area contributed by atoms with E-state index in [1.54, 1.807) is 31.3 Å². The van der Waals surface area contributed by atoms with Crippen molar-refractivity contribution < 1.29 is 9.53 Å². The Morgan fingerprint density at radius 1 is 1.59 bits per heavy atom. The molecule has 1 rings (SSSR count). The van der Waals surface area contributed by atoms with Gasteiger partial charge < -0.3 is 4.74 Å². The van der Waals surface area contributed by atoms with Gasteiger partial charge in [-0.1, -0.05) is 18.2 Å². The molecule has 0 aliphatic rings. The van der Waals surface area contributed by atoms with Crippen LogP contribution in [0.2, 0.25) is 0 Å². The number of carbonyl (C=O) groups is 1. The molecule has 17 heavy (non-hydrogen) atoms. The van der Waals surface area contributed by atoms with Crippen LogP contribution in [-0.4, -0.2) is 17.6 Å². The van der Waals surface area contributed by atoms with E-state index in [0.29, 0.717) is 12.2 Å². The highest BCUT2D eigenvalue weighted by Gasteiger charge is 2.01. The Morgan fingerprint density at radius 2 is 2.35 bits per heavy atom. The van der Waals surface area contributed by atoms with Crippen LogP contribution in [0, 0.1) is 6.92 Å². The van der Waals surface area contributed by atoms with Gasteiger partial charge in [0.2, 0.25) is 0 Å². The molecule has 0 fully saturated rings. The van der Waals surface area contributed by atoms with Crippen LogP contribution in [0.3, 0.4) is 0 Å². The molecule has 0 N–H and O–H groups in total. The third-order valence-corrected chi connectivity index (χ3v) is 2.90. The maximum Gasteiger partial charge on any atom is 0.333 e. The first-order chi connectivity index (χ1) is 8.13. The van der Waals surface area contributed by atoms with Gasteiger partial charge in [-0.2, -0.15) is 0 Å². The van der Waals surface area contributed by atoms with Gasteiger partial charge in [0.25, 0.3) is 0 Å². The summed E-state index contributed by atoms with van der Waals surface area (Å²) in [5, 5.41) is 3.12. The molecular weight excluding hydrogens is 234 g/mol. The van der Waals surface area contributed by atoms with Crippen LogP contribution in [0.4, 0.5) is 0 Å². The molecule has 0 radical (unpaired) electrons. The van der Waals surface area contributed by atoms with Crippen LogP contribution >= 0.6 is 11.3 Å². The van der Waals surface area contributed by atoms with Gasteiger partial charge >= 0.3 is 5.97 Å². The van der Waals surface area contributed by atoms with E-state index in [4.69, 9.17) is 4.74 Å². The van der Waals surface area contributed by atoms with Crippen LogP contribution in [0.5, 0.6) is 0 Å². The maximum absolute atomic E-state index is 11.3. The molecule has 0 aromatic carbocycles. The summed E-state index contributed by atoms with van der Waals surface area (Å²) >= 11 is 1.65. The Balaban J connectivity index is 2.44. The van der Waals surface area contributed by atoms with Crippen molar-refractivity contribution in [2.75, 3.05) is 6.61 Å². The van der Waals surface area contributed by atoms with E-state index < -0.39 is 0 Å². The SMILES string of the molecule is CCOC(=O)/C(C)=C/C=C\Cc1csc(C)n1. The van der Waals surface area contributed by atoms with Crippen LogP contribution < -0.4 is 0 Å². The number of esters is 1. The second kappa shape index (κ2) is 7.01. The number of aromatic nitrogens is 1. The smallest absolute Gasteiger partial charge is 0.333 e. The van der Waals surface area contributed by atoms with E-state index in [2.05, 4.69) is 4.98 Å². The molecule has 0 aliphatic carbocycles. The molecule has 0 atom stereocenters. The molecule has 92 valence electrons. The second-order valence-corrected chi connectivity index (χ2v) is 4.62. The van der Waals surface area contributed by atoms with Crippen molar-refractivity contribution in [3.8, 4) is 0 Å². The first-order valence-electron chi connectivity index (χ1n) is 5.55. The van der Waals surface area contributed by atoms with Gasteiger partial charge in [0.15, 0.2) is 0 Å². The zero-order valence-electron chi connectivity index (χ0n) is 10.4. The molecule has 1 aromatic heterocycles. The van der Waals surface area contributed by atoms with Gasteiger partial charge in [0, 0.05) is 17.4 Å². The van der Waals surface area contributed by atoms with Gasteiger partial charge in [-0.3, -0.25) is 0 Å². The van der Waals surface area contributed by atoms with Crippen molar-refractivity contribution in [3.63, 3.8) is 0 Å². The molecule has 4 heteroatoms. The lowest BCUT2D eigenvalue weighted by Gasteiger charge is -1.99. The van der Waals surface area contributed by atoms with Gasteiger partial charge in [0.1, 0.15) is 0 Å². The fourth-order valence-electron chi connectivity index (χ4n) is 1.22. The van der Waals surface area contributed by atoms with Crippen LogP contribution in [0.25, 0.3) is 0 Å². The van der Waals surface area contributed by atoms with Crippen LogP contribution in [0.1, 0.15) is 24.5 Å². The summed E-state index contributed by atoms with van der Waals surface area (Å²) in [4.78, 5) is 15.6. The number of hydrogen-bond acceptors (Lipinski definition) is 4. The van der Waals surface area contributed by atoms with Crippen molar-refractivity contribution in [1.82, 2.24) is 4.98 Å². The summed E-state index contributed by atoms with van der Waals surface area (Å²) in [6, 6.07) is 0. The van der Waals surface area contributed by atoms with E-state index in [-0.39, 0.29) is 5.97 Å². The lowest BCUT2D eigenvalue weighted by molar-refractivity contribution is -0.138. The molecule has 3 nitrogen and oxygen atoms in total. The minimum Gasteiger partial charge on any atom is -0.463 e. The highest BCUT2D eigenvalue weighted by molar-refractivity contribution is 7.09. The van der Waals surface area contributed by atoms with Crippen LogP contribution in [-0.2, 0) is 16.0 Å². The fourth-order valence-corrected chi connectivity index (χ4v) is 1.84. The predicted molar refractivity (Wildman–Crippen MR) is 70.1 cm³/mol. The average Bonchev–Trinajstić information content (AvgIpc) is 2.70. The van der Waals surface area contributed by atoms with Gasteiger partial charge in [-0.25, -0.2) is 9.78 Å². The van der Waals surface area contributed by atoms with Gasteiger partial charge in [-0.05, 0) is 20.8 Å². The number of allylic oxidation sites excluding steroid dienone is 3. The molecule has 0 bridgehead atoms. The summed E-state index contributed by atoms with van der Waals surface area (Å²) in [7, 11) is 0. The topological polar surface area (TPSA) is 39.2 Å². The molecule has 0 aliphatic heterocycles. The number of nitrogens with zero attached hydrogens (tertiary/aromatic N) is 1. The largest absolute Gasteiger partial charge is 0.463 e. The summed E-state index contributed by atoms with van der Waals surface area (Å²) in [6.07, 6.45) is 6.40. The van der Waals surface area contributed by atoms with E-state index in [0.717, 1.165) is 17.1 Å². The van der Waals surface area contributed by atoms with Crippen molar-refractivity contribution in [3.05, 3.63) is 39.9 Å². The second-order valence-electron chi connectivity index (χ2n) is 3.56. The normalized spacial score (nSPS) is 12.1. The van der Waals surface area contributed by atoms with Gasteiger partial charge in [-0.15, -0.1) is 11.3 Å². The number of aryl methyl sites for hydroxylation is 1. The van der Waals surface area contributed by atoms with E-state index >= 15 is 0 Å². The van der Waals surface area contributed by atoms with Crippen LogP contribution in [0.15, 0.2) is 29.2 Å². The Kier molecular flexibility index (Phi) is 5.63. The molecule has 0 unspecified atom stereocenters. The summed E-state index contributed by atoms with van der Waals surface area (Å²) in [5.74, 6) is -0.262. The highest BCUT2D eigenvalue weighted by atomic mass is 32.1. The minimum absolute atomic E-state index is 0.262. The molecule has 0 saturated carbocycles. The standard InChI is InChI=1S/C13H17NO2S/c1-4-16-13(15)10(2)7-5-6-8-12-9-17-11(3)14-12/h5-7,9H,4,8H2,1-3H3/b6-5-,10-7+. The lowest BCUT2D eigenvalue weighted by Crippen LogP contribution is -2.04. The fraction of sp³-hybridized carbons (Fsp3) is 0.385. The number of hydrogen-bond donors (Lipinski definition) is 0. The quantitative estimate of drug-likeness (QED) is 0.458. The summed E-state index contributed by atoms with van der Waals surface area (Å²) < 4.78 is 4.87. The number of rotatable bonds is 5. The Morgan fingerprint density at radius 3 is 2.94 bits per heavy atom. The molecule has 0 amide bonds. The third kappa shape index (κ3) is 4.95. The van der Waals surface area contributed by atoms with Crippen molar-refractivity contribution in [2.24, 2.45) is 0 Å². The minimum atomic E-state index is -0.262. The number of ether oxygens (including phenoxy) is 1. The monoisotopic (exact) mass is 251 g/mol.